The highest BCUT2D eigenvalue weighted by molar-refractivity contribution is 5.79. The molecule has 0 amide bonds. The first-order chi connectivity index (χ1) is 10.2. The molecule has 1 saturated carbocycles. The van der Waals surface area contributed by atoms with Crippen molar-refractivity contribution in [3.8, 4) is 0 Å². The second-order valence-corrected chi connectivity index (χ2v) is 5.43. The second-order valence-electron chi connectivity index (χ2n) is 5.43. The Morgan fingerprint density at radius 3 is 2.81 bits per heavy atom. The molecule has 4 nitrogen and oxygen atoms in total. The van der Waals surface area contributed by atoms with Crippen molar-refractivity contribution in [2.24, 2.45) is 10.9 Å². The normalized spacial score (nSPS) is 22.3. The number of guanidine groups is 1. The van der Waals surface area contributed by atoms with Crippen LogP contribution in [0, 0.1) is 11.7 Å². The van der Waals surface area contributed by atoms with Gasteiger partial charge in [0, 0.05) is 24.6 Å². The summed E-state index contributed by atoms with van der Waals surface area (Å²) < 4.78 is 13.6. The topological polar surface area (TPSA) is 56.7 Å². The minimum absolute atomic E-state index is 0.216. The number of hydrogen-bond donors (Lipinski definition) is 3. The lowest BCUT2D eigenvalue weighted by Crippen LogP contribution is -2.41. The standard InChI is InChI=1S/C16H24FN3O/c1-2-18-16(20-11-13-7-5-9-15(13)21)19-10-12-6-3-4-8-14(12)17/h3-4,6,8,13,15,21H,2,5,7,9-11H2,1H3,(H2,18,19,20). The molecule has 0 spiro atoms. The van der Waals surface area contributed by atoms with Crippen LogP contribution < -0.4 is 10.6 Å². The summed E-state index contributed by atoms with van der Waals surface area (Å²) in [6, 6.07) is 6.67. The van der Waals surface area contributed by atoms with Crippen LogP contribution in [0.5, 0.6) is 0 Å². The van der Waals surface area contributed by atoms with Crippen molar-refractivity contribution in [1.29, 1.82) is 0 Å². The number of hydrogen-bond acceptors (Lipinski definition) is 2. The summed E-state index contributed by atoms with van der Waals surface area (Å²) in [6.07, 6.45) is 2.79. The molecule has 1 aromatic rings. The molecule has 0 heterocycles. The third-order valence-electron chi connectivity index (χ3n) is 3.86. The van der Waals surface area contributed by atoms with Crippen molar-refractivity contribution >= 4 is 5.96 Å². The second kappa shape index (κ2) is 7.98. The van der Waals surface area contributed by atoms with E-state index in [1.165, 1.54) is 6.07 Å². The maximum Gasteiger partial charge on any atom is 0.191 e. The summed E-state index contributed by atoms with van der Waals surface area (Å²) in [7, 11) is 0. The lowest BCUT2D eigenvalue weighted by molar-refractivity contribution is 0.134. The zero-order chi connectivity index (χ0) is 15.1. The van der Waals surface area contributed by atoms with Gasteiger partial charge in [0.05, 0.1) is 12.6 Å². The Hall–Kier alpha value is -1.62. The third-order valence-corrected chi connectivity index (χ3v) is 3.86. The van der Waals surface area contributed by atoms with Crippen LogP contribution in [0.15, 0.2) is 29.3 Å². The van der Waals surface area contributed by atoms with Gasteiger partial charge in [-0.3, -0.25) is 0 Å². The number of nitrogens with one attached hydrogen (secondary N) is 2. The Bertz CT molecular complexity index is 478. The Morgan fingerprint density at radius 2 is 2.14 bits per heavy atom. The lowest BCUT2D eigenvalue weighted by Gasteiger charge is -2.17. The number of aliphatic hydroxyl groups excluding tert-OH is 1. The molecule has 0 radical (unpaired) electrons. The molecule has 0 aliphatic heterocycles. The molecule has 1 aliphatic rings. The Labute approximate surface area is 125 Å². The zero-order valence-corrected chi connectivity index (χ0v) is 12.5. The molecular formula is C16H24FN3O. The summed E-state index contributed by atoms with van der Waals surface area (Å²) in [6.45, 7) is 3.74. The Balaban J connectivity index is 1.91. The van der Waals surface area contributed by atoms with Crippen LogP contribution in [0.4, 0.5) is 4.39 Å². The van der Waals surface area contributed by atoms with Gasteiger partial charge in [-0.25, -0.2) is 9.38 Å². The number of benzene rings is 1. The molecule has 116 valence electrons. The Kier molecular flexibility index (Phi) is 5.99. The van der Waals surface area contributed by atoms with Gasteiger partial charge in [0.15, 0.2) is 5.96 Å². The molecule has 0 saturated heterocycles. The van der Waals surface area contributed by atoms with Crippen molar-refractivity contribution in [2.45, 2.75) is 38.8 Å². The molecule has 5 heteroatoms. The highest BCUT2D eigenvalue weighted by atomic mass is 19.1. The highest BCUT2D eigenvalue weighted by Gasteiger charge is 2.24. The van der Waals surface area contributed by atoms with Gasteiger partial charge in [0.25, 0.3) is 0 Å². The van der Waals surface area contributed by atoms with E-state index in [-0.39, 0.29) is 17.8 Å². The van der Waals surface area contributed by atoms with Crippen molar-refractivity contribution in [3.63, 3.8) is 0 Å². The molecule has 2 unspecified atom stereocenters. The van der Waals surface area contributed by atoms with E-state index in [9.17, 15) is 9.50 Å². The predicted molar refractivity (Wildman–Crippen MR) is 82.6 cm³/mol. The van der Waals surface area contributed by atoms with Crippen molar-refractivity contribution in [1.82, 2.24) is 10.6 Å². The van der Waals surface area contributed by atoms with Gasteiger partial charge in [-0.15, -0.1) is 0 Å². The highest BCUT2D eigenvalue weighted by Crippen LogP contribution is 2.24. The molecule has 3 N–H and O–H groups in total. The van der Waals surface area contributed by atoms with E-state index in [0.29, 0.717) is 24.6 Å². The van der Waals surface area contributed by atoms with E-state index < -0.39 is 0 Å². The average molecular weight is 293 g/mol. The molecule has 0 aromatic heterocycles. The summed E-state index contributed by atoms with van der Waals surface area (Å²) in [4.78, 5) is 4.40. The minimum atomic E-state index is -0.233. The van der Waals surface area contributed by atoms with Crippen LogP contribution >= 0.6 is 0 Å². The quantitative estimate of drug-likeness (QED) is 0.575. The molecule has 2 rings (SSSR count). The molecule has 1 fully saturated rings. The molecule has 0 bridgehead atoms. The van der Waals surface area contributed by atoms with E-state index in [1.807, 2.05) is 13.0 Å². The van der Waals surface area contributed by atoms with E-state index in [0.717, 1.165) is 25.8 Å². The summed E-state index contributed by atoms with van der Waals surface area (Å²) in [5.74, 6) is 0.713. The maximum absolute atomic E-state index is 13.6. The fourth-order valence-electron chi connectivity index (χ4n) is 2.62. The van der Waals surface area contributed by atoms with Gasteiger partial charge in [-0.2, -0.15) is 0 Å². The number of halogens is 1. The summed E-state index contributed by atoms with van der Waals surface area (Å²) in [5.41, 5.74) is 0.579. The van der Waals surface area contributed by atoms with Gasteiger partial charge >= 0.3 is 0 Å². The number of aliphatic hydroxyl groups is 1. The predicted octanol–water partition coefficient (Wildman–Crippen LogP) is 2.04. The van der Waals surface area contributed by atoms with E-state index in [2.05, 4.69) is 15.6 Å². The molecular weight excluding hydrogens is 269 g/mol. The fourth-order valence-corrected chi connectivity index (χ4v) is 2.62. The average Bonchev–Trinajstić information content (AvgIpc) is 2.89. The van der Waals surface area contributed by atoms with Gasteiger partial charge in [-0.1, -0.05) is 24.6 Å². The van der Waals surface area contributed by atoms with Crippen LogP contribution in [-0.4, -0.2) is 30.3 Å². The minimum Gasteiger partial charge on any atom is -0.393 e. The van der Waals surface area contributed by atoms with Gasteiger partial charge in [0.2, 0.25) is 0 Å². The molecule has 2 atom stereocenters. The van der Waals surface area contributed by atoms with Gasteiger partial charge in [-0.05, 0) is 25.8 Å². The van der Waals surface area contributed by atoms with Gasteiger partial charge in [0.1, 0.15) is 5.82 Å². The third kappa shape index (κ3) is 4.70. The van der Waals surface area contributed by atoms with Crippen LogP contribution in [0.25, 0.3) is 0 Å². The smallest absolute Gasteiger partial charge is 0.191 e. The van der Waals surface area contributed by atoms with Crippen LogP contribution in [0.1, 0.15) is 31.7 Å². The largest absolute Gasteiger partial charge is 0.393 e. The first-order valence-corrected chi connectivity index (χ1v) is 7.64. The lowest BCUT2D eigenvalue weighted by atomic mass is 10.1. The molecule has 21 heavy (non-hydrogen) atoms. The molecule has 1 aliphatic carbocycles. The first-order valence-electron chi connectivity index (χ1n) is 7.64. The summed E-state index contributed by atoms with van der Waals surface area (Å²) >= 11 is 0. The van der Waals surface area contributed by atoms with Gasteiger partial charge < -0.3 is 15.7 Å². The maximum atomic E-state index is 13.6. The SMILES string of the molecule is CCNC(=NCc1ccccc1F)NCC1CCCC1O. The van der Waals surface area contributed by atoms with Crippen LogP contribution in [-0.2, 0) is 6.54 Å². The number of rotatable bonds is 5. The zero-order valence-electron chi connectivity index (χ0n) is 12.5. The monoisotopic (exact) mass is 293 g/mol. The fraction of sp³-hybridized carbons (Fsp3) is 0.562. The van der Waals surface area contributed by atoms with Crippen LogP contribution in [0.2, 0.25) is 0 Å². The number of aliphatic imine (C=N–C) groups is 1. The van der Waals surface area contributed by atoms with E-state index in [4.69, 9.17) is 0 Å². The number of nitrogens with zero attached hydrogens (tertiary/aromatic N) is 1. The van der Waals surface area contributed by atoms with Crippen molar-refractivity contribution in [3.05, 3.63) is 35.6 Å². The van der Waals surface area contributed by atoms with E-state index >= 15 is 0 Å². The summed E-state index contributed by atoms with van der Waals surface area (Å²) in [5, 5.41) is 16.2. The van der Waals surface area contributed by atoms with E-state index in [1.54, 1.807) is 12.1 Å². The van der Waals surface area contributed by atoms with Crippen molar-refractivity contribution in [2.75, 3.05) is 13.1 Å². The first kappa shape index (κ1) is 15.8. The Morgan fingerprint density at radius 1 is 1.33 bits per heavy atom. The van der Waals surface area contributed by atoms with Crippen LogP contribution in [0.3, 0.4) is 0 Å². The van der Waals surface area contributed by atoms with Crippen molar-refractivity contribution < 1.29 is 9.50 Å². The molecule has 1 aromatic carbocycles.